The number of anilines is 1. The van der Waals surface area contributed by atoms with E-state index >= 15 is 0 Å². The quantitative estimate of drug-likeness (QED) is 0.906. The molecule has 0 spiro atoms. The summed E-state index contributed by atoms with van der Waals surface area (Å²) >= 11 is 9.43. The highest BCUT2D eigenvalue weighted by Gasteiger charge is 2.17. The van der Waals surface area contributed by atoms with Gasteiger partial charge in [0.05, 0.1) is 5.02 Å². The van der Waals surface area contributed by atoms with E-state index < -0.39 is 0 Å². The van der Waals surface area contributed by atoms with Gasteiger partial charge in [0.1, 0.15) is 0 Å². The van der Waals surface area contributed by atoms with Crippen molar-refractivity contribution in [2.24, 2.45) is 0 Å². The Kier molecular flexibility index (Phi) is 4.71. The first-order valence-electron chi connectivity index (χ1n) is 6.13. The van der Waals surface area contributed by atoms with Crippen molar-refractivity contribution in [3.8, 4) is 0 Å². The van der Waals surface area contributed by atoms with Crippen LogP contribution in [0, 0.1) is 0 Å². The lowest BCUT2D eigenvalue weighted by atomic mass is 10.0. The van der Waals surface area contributed by atoms with Crippen molar-refractivity contribution in [2.45, 2.75) is 25.8 Å². The number of benzene rings is 1. The largest absolute Gasteiger partial charge is 0.382 e. The SMILES string of the molecule is CCN1CCC(Nc2ccc(Cl)c(Br)c2)CC1. The fourth-order valence-electron chi connectivity index (χ4n) is 2.22. The predicted molar refractivity (Wildman–Crippen MR) is 77.9 cm³/mol. The van der Waals surface area contributed by atoms with E-state index in [9.17, 15) is 0 Å². The van der Waals surface area contributed by atoms with Gasteiger partial charge in [0, 0.05) is 29.3 Å². The summed E-state index contributed by atoms with van der Waals surface area (Å²) in [7, 11) is 0. The molecule has 0 amide bonds. The molecule has 94 valence electrons. The summed E-state index contributed by atoms with van der Waals surface area (Å²) in [6.45, 7) is 5.79. The number of hydrogen-bond donors (Lipinski definition) is 1. The molecule has 1 N–H and O–H groups in total. The zero-order valence-corrected chi connectivity index (χ0v) is 12.4. The average Bonchev–Trinajstić information content (AvgIpc) is 2.35. The van der Waals surface area contributed by atoms with E-state index in [0.717, 1.165) is 15.2 Å². The molecule has 1 fully saturated rings. The molecule has 2 nitrogen and oxygen atoms in total. The van der Waals surface area contributed by atoms with Gasteiger partial charge in [0.15, 0.2) is 0 Å². The molecule has 0 radical (unpaired) electrons. The monoisotopic (exact) mass is 316 g/mol. The van der Waals surface area contributed by atoms with Crippen LogP contribution >= 0.6 is 27.5 Å². The molecule has 0 aliphatic carbocycles. The third kappa shape index (κ3) is 3.60. The van der Waals surface area contributed by atoms with Crippen LogP contribution < -0.4 is 5.32 Å². The van der Waals surface area contributed by atoms with Crippen LogP contribution in [0.1, 0.15) is 19.8 Å². The maximum atomic E-state index is 5.98. The van der Waals surface area contributed by atoms with E-state index in [2.05, 4.69) is 39.1 Å². The van der Waals surface area contributed by atoms with Gasteiger partial charge in [-0.25, -0.2) is 0 Å². The third-order valence-electron chi connectivity index (χ3n) is 3.33. The Hall–Kier alpha value is -0.250. The van der Waals surface area contributed by atoms with E-state index in [4.69, 9.17) is 11.6 Å². The van der Waals surface area contributed by atoms with Crippen molar-refractivity contribution in [3.63, 3.8) is 0 Å². The third-order valence-corrected chi connectivity index (χ3v) is 4.54. The molecule has 0 unspecified atom stereocenters. The first-order valence-corrected chi connectivity index (χ1v) is 7.30. The summed E-state index contributed by atoms with van der Waals surface area (Å²) in [6, 6.07) is 6.61. The van der Waals surface area contributed by atoms with Crippen LogP contribution in [0.3, 0.4) is 0 Å². The standard InChI is InChI=1S/C13H18BrClN2/c1-2-17-7-5-10(6-8-17)16-11-3-4-13(15)12(14)9-11/h3-4,9-10,16H,2,5-8H2,1H3. The number of likely N-dealkylation sites (tertiary alicyclic amines) is 1. The summed E-state index contributed by atoms with van der Waals surface area (Å²) in [5, 5.41) is 4.34. The zero-order valence-electron chi connectivity index (χ0n) is 10.0. The highest BCUT2D eigenvalue weighted by Crippen LogP contribution is 2.26. The van der Waals surface area contributed by atoms with Crippen molar-refractivity contribution < 1.29 is 0 Å². The fraction of sp³-hybridized carbons (Fsp3) is 0.538. The Morgan fingerprint density at radius 1 is 1.41 bits per heavy atom. The topological polar surface area (TPSA) is 15.3 Å². The van der Waals surface area contributed by atoms with Gasteiger partial charge in [-0.2, -0.15) is 0 Å². The number of piperidine rings is 1. The summed E-state index contributed by atoms with van der Waals surface area (Å²) in [4.78, 5) is 2.50. The number of nitrogens with one attached hydrogen (secondary N) is 1. The van der Waals surface area contributed by atoms with Gasteiger partial charge in [-0.1, -0.05) is 18.5 Å². The lowest BCUT2D eigenvalue weighted by Gasteiger charge is -2.32. The second kappa shape index (κ2) is 6.07. The number of hydrogen-bond acceptors (Lipinski definition) is 2. The van der Waals surface area contributed by atoms with Gasteiger partial charge >= 0.3 is 0 Å². The lowest BCUT2D eigenvalue weighted by molar-refractivity contribution is 0.229. The normalized spacial score (nSPS) is 18.3. The Morgan fingerprint density at radius 3 is 2.71 bits per heavy atom. The zero-order chi connectivity index (χ0) is 12.3. The van der Waals surface area contributed by atoms with Crippen molar-refractivity contribution >= 4 is 33.2 Å². The molecule has 1 saturated heterocycles. The molecule has 1 aliphatic rings. The maximum Gasteiger partial charge on any atom is 0.0549 e. The second-order valence-electron chi connectivity index (χ2n) is 4.48. The molecular formula is C13H18BrClN2. The van der Waals surface area contributed by atoms with Gasteiger partial charge < -0.3 is 10.2 Å². The number of halogens is 2. The van der Waals surface area contributed by atoms with Crippen molar-refractivity contribution in [1.82, 2.24) is 4.90 Å². The molecule has 1 aromatic carbocycles. The van der Waals surface area contributed by atoms with Gasteiger partial charge in [-0.3, -0.25) is 0 Å². The molecular weight excluding hydrogens is 300 g/mol. The average molecular weight is 318 g/mol. The van der Waals surface area contributed by atoms with Gasteiger partial charge in [-0.15, -0.1) is 0 Å². The lowest BCUT2D eigenvalue weighted by Crippen LogP contribution is -2.38. The molecule has 0 atom stereocenters. The van der Waals surface area contributed by atoms with E-state index in [-0.39, 0.29) is 0 Å². The number of nitrogens with zero attached hydrogens (tertiary/aromatic N) is 1. The van der Waals surface area contributed by atoms with Crippen LogP contribution in [0.25, 0.3) is 0 Å². The van der Waals surface area contributed by atoms with Crippen LogP contribution in [-0.4, -0.2) is 30.6 Å². The van der Waals surface area contributed by atoms with Crippen molar-refractivity contribution in [2.75, 3.05) is 25.0 Å². The molecule has 2 rings (SSSR count). The van der Waals surface area contributed by atoms with Crippen LogP contribution in [0.4, 0.5) is 5.69 Å². The number of rotatable bonds is 3. The Balaban J connectivity index is 1.91. The molecule has 0 aromatic heterocycles. The van der Waals surface area contributed by atoms with Gasteiger partial charge in [0.2, 0.25) is 0 Å². The van der Waals surface area contributed by atoms with Crippen LogP contribution in [0.2, 0.25) is 5.02 Å². The van der Waals surface area contributed by atoms with Crippen LogP contribution in [-0.2, 0) is 0 Å². The first-order chi connectivity index (χ1) is 8.19. The Morgan fingerprint density at radius 2 is 2.12 bits per heavy atom. The molecule has 1 aliphatic heterocycles. The van der Waals surface area contributed by atoms with Crippen molar-refractivity contribution in [1.29, 1.82) is 0 Å². The Bertz CT molecular complexity index is 376. The molecule has 1 aromatic rings. The summed E-state index contributed by atoms with van der Waals surface area (Å²) in [5.41, 5.74) is 1.15. The first kappa shape index (κ1) is 13.2. The van der Waals surface area contributed by atoms with E-state index in [0.29, 0.717) is 6.04 Å². The summed E-state index contributed by atoms with van der Waals surface area (Å²) in [5.74, 6) is 0. The summed E-state index contributed by atoms with van der Waals surface area (Å²) < 4.78 is 0.954. The van der Waals surface area contributed by atoms with Crippen LogP contribution in [0.15, 0.2) is 22.7 Å². The minimum absolute atomic E-state index is 0.589. The maximum absolute atomic E-state index is 5.98. The molecule has 0 saturated carbocycles. The van der Waals surface area contributed by atoms with E-state index in [1.54, 1.807) is 0 Å². The second-order valence-corrected chi connectivity index (χ2v) is 5.74. The van der Waals surface area contributed by atoms with Crippen LogP contribution in [0.5, 0.6) is 0 Å². The van der Waals surface area contributed by atoms with E-state index in [1.165, 1.54) is 32.5 Å². The molecule has 0 bridgehead atoms. The summed E-state index contributed by atoms with van der Waals surface area (Å²) in [6.07, 6.45) is 2.43. The molecule has 1 heterocycles. The molecule has 4 heteroatoms. The molecule has 17 heavy (non-hydrogen) atoms. The van der Waals surface area contributed by atoms with Gasteiger partial charge in [0.25, 0.3) is 0 Å². The van der Waals surface area contributed by atoms with Gasteiger partial charge in [-0.05, 0) is 53.5 Å². The minimum Gasteiger partial charge on any atom is -0.382 e. The smallest absolute Gasteiger partial charge is 0.0549 e. The van der Waals surface area contributed by atoms with E-state index in [1.807, 2.05) is 12.1 Å². The highest BCUT2D eigenvalue weighted by atomic mass is 79.9. The fourth-order valence-corrected chi connectivity index (χ4v) is 2.71. The predicted octanol–water partition coefficient (Wildman–Crippen LogP) is 4.00. The van der Waals surface area contributed by atoms with Crippen molar-refractivity contribution in [3.05, 3.63) is 27.7 Å². The highest BCUT2D eigenvalue weighted by molar-refractivity contribution is 9.10. The Labute approximate surface area is 116 Å². The minimum atomic E-state index is 0.589.